The van der Waals surface area contributed by atoms with Gasteiger partial charge in [-0.25, -0.2) is 10.7 Å². The Morgan fingerprint density at radius 2 is 2.36 bits per heavy atom. The van der Waals surface area contributed by atoms with Gasteiger partial charge in [0, 0.05) is 11.8 Å². The Hall–Kier alpha value is -1.08. The summed E-state index contributed by atoms with van der Waals surface area (Å²) in [5.74, 6) is -0.122. The molecule has 84 valence electrons. The molecule has 0 saturated carbocycles. The highest BCUT2D eigenvalue weighted by molar-refractivity contribution is 7.30. The van der Waals surface area contributed by atoms with Crippen LogP contribution in [0.2, 0.25) is 0 Å². The van der Waals surface area contributed by atoms with Crippen LogP contribution in [0.5, 0.6) is 0 Å². The Balaban J connectivity index is -0.000000208. The van der Waals surface area contributed by atoms with E-state index < -0.39 is 8.25 Å². The van der Waals surface area contributed by atoms with Gasteiger partial charge >= 0.3 is 8.25 Å². The third-order valence-corrected chi connectivity index (χ3v) is 1.08. The molecule has 0 saturated heterocycles. The van der Waals surface area contributed by atoms with Crippen LogP contribution >= 0.6 is 8.25 Å². The molecule has 0 heterocycles. The second-order valence-electron chi connectivity index (χ2n) is 2.03. The molecule has 0 aliphatic carbocycles. The standard InChI is InChI=1S/C5H12N4.HO4P.H2/c1-3-4(2)8-9-5(6)7;1-4-5(2)3;/h3H2,1-2H3,(H4,6,7,9);1H;1H/b8-4+;;. The fourth-order valence-electron chi connectivity index (χ4n) is 0.235. The van der Waals surface area contributed by atoms with Gasteiger partial charge in [-0.3, -0.25) is 5.41 Å². The van der Waals surface area contributed by atoms with Crippen molar-refractivity contribution in [2.24, 2.45) is 10.8 Å². The molecule has 0 aromatic rings. The van der Waals surface area contributed by atoms with Crippen LogP contribution in [0.25, 0.3) is 0 Å². The fourth-order valence-corrected chi connectivity index (χ4v) is 0.235. The normalized spacial score (nSPS) is 11.1. The Morgan fingerprint density at radius 3 is 2.57 bits per heavy atom. The molecule has 0 aromatic carbocycles. The molecule has 9 heteroatoms. The van der Waals surface area contributed by atoms with Crippen LogP contribution in [0, 0.1) is 5.41 Å². The first-order valence-electron chi connectivity index (χ1n) is 3.53. The fraction of sp³-hybridized carbons (Fsp3) is 0.600. The van der Waals surface area contributed by atoms with Crippen molar-refractivity contribution >= 4 is 19.9 Å². The largest absolute Gasteiger partial charge is 0.565 e. The van der Waals surface area contributed by atoms with Crippen molar-refractivity contribution in [1.82, 2.24) is 5.43 Å². The lowest BCUT2D eigenvalue weighted by atomic mass is 10.3. The average molecular weight is 226 g/mol. The summed E-state index contributed by atoms with van der Waals surface area (Å²) < 4.78 is 11.6. The summed E-state index contributed by atoms with van der Waals surface area (Å²) >= 11 is 0. The number of hydrogen-bond donors (Lipinski definition) is 4. The smallest absolute Gasteiger partial charge is 0.521 e. The zero-order valence-corrected chi connectivity index (χ0v) is 8.75. The molecule has 14 heavy (non-hydrogen) atoms. The second kappa shape index (κ2) is 10.0. The van der Waals surface area contributed by atoms with Gasteiger partial charge in [-0.1, -0.05) is 6.92 Å². The van der Waals surface area contributed by atoms with E-state index in [1.165, 1.54) is 0 Å². The molecule has 0 spiro atoms. The van der Waals surface area contributed by atoms with E-state index in [4.69, 9.17) is 25.9 Å². The van der Waals surface area contributed by atoms with Crippen molar-refractivity contribution in [2.45, 2.75) is 20.3 Å². The third kappa shape index (κ3) is 17.1. The monoisotopic (exact) mass is 226 g/mol. The van der Waals surface area contributed by atoms with E-state index >= 15 is 0 Å². The first-order chi connectivity index (χ1) is 6.43. The molecular formula is C5H15N4O4P. The van der Waals surface area contributed by atoms with E-state index in [1.54, 1.807) is 0 Å². The van der Waals surface area contributed by atoms with Gasteiger partial charge in [0.05, 0.1) is 0 Å². The highest BCUT2D eigenvalue weighted by Gasteiger charge is 1.90. The minimum Gasteiger partial charge on any atom is -0.565 e. The minimum atomic E-state index is -3.04. The van der Waals surface area contributed by atoms with Crippen molar-refractivity contribution in [1.29, 1.82) is 5.41 Å². The van der Waals surface area contributed by atoms with Crippen molar-refractivity contribution in [3.05, 3.63) is 0 Å². The van der Waals surface area contributed by atoms with Crippen LogP contribution in [0.4, 0.5) is 0 Å². The quantitative estimate of drug-likeness (QED) is 0.175. The molecule has 1 atom stereocenters. The molecule has 0 aliphatic rings. The van der Waals surface area contributed by atoms with Crippen LogP contribution in [0.15, 0.2) is 5.10 Å². The summed E-state index contributed by atoms with van der Waals surface area (Å²) in [6.45, 7) is 3.86. The highest BCUT2D eigenvalue weighted by atomic mass is 31.1. The van der Waals surface area contributed by atoms with E-state index in [1.807, 2.05) is 13.8 Å². The average Bonchev–Trinajstić information content (AvgIpc) is 2.14. The molecule has 1 unspecified atom stereocenters. The predicted octanol–water partition coefficient (Wildman–Crippen LogP) is -0.00493. The SMILES string of the molecule is CC/C(C)=N/NC(=N)N.O=[P+]([O-])OO.[HH]. The molecular weight excluding hydrogens is 211 g/mol. The summed E-state index contributed by atoms with van der Waals surface area (Å²) in [6.07, 6.45) is 0.875. The molecule has 0 bridgehead atoms. The Labute approximate surface area is 83.6 Å². The van der Waals surface area contributed by atoms with Crippen LogP contribution < -0.4 is 16.1 Å². The van der Waals surface area contributed by atoms with Crippen molar-refractivity contribution < 1.29 is 20.8 Å². The summed E-state index contributed by atoms with van der Waals surface area (Å²) in [5.41, 5.74) is 8.24. The number of hydrazone groups is 1. The molecule has 0 aliphatic heterocycles. The van der Waals surface area contributed by atoms with Gasteiger partial charge < -0.3 is 10.6 Å². The maximum absolute atomic E-state index is 8.93. The first kappa shape index (κ1) is 15.4. The summed E-state index contributed by atoms with van der Waals surface area (Å²) in [5, 5.41) is 17.5. The van der Waals surface area contributed by atoms with E-state index in [0.29, 0.717) is 0 Å². The maximum Gasteiger partial charge on any atom is 0.521 e. The Bertz CT molecular complexity index is 225. The van der Waals surface area contributed by atoms with Gasteiger partial charge in [-0.15, -0.1) is 0 Å². The number of nitrogens with zero attached hydrogens (tertiary/aromatic N) is 1. The van der Waals surface area contributed by atoms with Gasteiger partial charge in [0.25, 0.3) is 0 Å². The van der Waals surface area contributed by atoms with Gasteiger partial charge in [-0.2, -0.15) is 5.10 Å². The molecule has 0 rings (SSSR count). The second-order valence-corrected chi connectivity index (χ2v) is 2.64. The molecule has 0 radical (unpaired) electrons. The summed E-state index contributed by atoms with van der Waals surface area (Å²) in [6, 6.07) is 0. The van der Waals surface area contributed by atoms with Crippen molar-refractivity contribution in [2.75, 3.05) is 0 Å². The van der Waals surface area contributed by atoms with E-state index in [0.717, 1.165) is 12.1 Å². The van der Waals surface area contributed by atoms with Crippen molar-refractivity contribution in [3.63, 3.8) is 0 Å². The third-order valence-electron chi connectivity index (χ3n) is 0.946. The first-order valence-corrected chi connectivity index (χ1v) is 4.62. The molecule has 5 N–H and O–H groups in total. The van der Waals surface area contributed by atoms with E-state index in [2.05, 4.69) is 15.2 Å². The van der Waals surface area contributed by atoms with Gasteiger partial charge in [0.2, 0.25) is 5.96 Å². The minimum absolute atomic E-state index is 0. The van der Waals surface area contributed by atoms with Crippen LogP contribution in [-0.2, 0) is 9.24 Å². The van der Waals surface area contributed by atoms with Crippen LogP contribution in [0.1, 0.15) is 21.7 Å². The molecule has 0 aromatic heterocycles. The lowest BCUT2D eigenvalue weighted by Gasteiger charge is -1.95. The van der Waals surface area contributed by atoms with Crippen LogP contribution in [0.3, 0.4) is 0 Å². The molecule has 0 fully saturated rings. The topological polar surface area (TPSA) is 144 Å². The lowest BCUT2D eigenvalue weighted by Crippen LogP contribution is -2.26. The number of rotatable bonds is 3. The van der Waals surface area contributed by atoms with E-state index in [-0.39, 0.29) is 7.39 Å². The van der Waals surface area contributed by atoms with E-state index in [9.17, 15) is 0 Å². The zero-order chi connectivity index (χ0) is 11.6. The Morgan fingerprint density at radius 1 is 1.93 bits per heavy atom. The zero-order valence-electron chi connectivity index (χ0n) is 7.85. The van der Waals surface area contributed by atoms with Gasteiger partial charge in [0.1, 0.15) is 0 Å². The molecule has 8 nitrogen and oxygen atoms in total. The van der Waals surface area contributed by atoms with Crippen LogP contribution in [-0.4, -0.2) is 16.9 Å². The number of guanidine groups is 1. The van der Waals surface area contributed by atoms with Gasteiger partial charge in [0.15, 0.2) is 0 Å². The molecule has 0 amide bonds. The highest BCUT2D eigenvalue weighted by Crippen LogP contribution is 2.02. The van der Waals surface area contributed by atoms with Gasteiger partial charge in [-0.05, 0) is 17.9 Å². The number of hydrogen-bond acceptors (Lipinski definition) is 6. The number of nitrogens with one attached hydrogen (secondary N) is 2. The number of nitrogens with two attached hydrogens (primary N) is 1. The summed E-state index contributed by atoms with van der Waals surface area (Å²) in [4.78, 5) is 8.93. The predicted molar refractivity (Wildman–Crippen MR) is 51.9 cm³/mol. The lowest BCUT2D eigenvalue weighted by molar-refractivity contribution is -0.244. The van der Waals surface area contributed by atoms with Crippen molar-refractivity contribution in [3.8, 4) is 0 Å². The maximum atomic E-state index is 8.93. The summed E-state index contributed by atoms with van der Waals surface area (Å²) in [7, 11) is -3.04. The Kier molecular flexibility index (Phi) is 11.0.